The Morgan fingerprint density at radius 3 is 2.71 bits per heavy atom. The second kappa shape index (κ2) is 8.49. The summed E-state index contributed by atoms with van der Waals surface area (Å²) in [5, 5.41) is 9.20. The highest BCUT2D eigenvalue weighted by Gasteiger charge is 2.18. The van der Waals surface area contributed by atoms with E-state index in [-0.39, 0.29) is 11.7 Å². The van der Waals surface area contributed by atoms with Crippen LogP contribution in [0.3, 0.4) is 0 Å². The Balaban J connectivity index is 1.56. The first kappa shape index (κ1) is 19.7. The van der Waals surface area contributed by atoms with Crippen LogP contribution >= 0.6 is 0 Å². The number of para-hydroxylation sites is 1. The summed E-state index contributed by atoms with van der Waals surface area (Å²) < 4.78 is 7.48. The summed E-state index contributed by atoms with van der Waals surface area (Å²) in [4.78, 5) is 15.9. The Morgan fingerprint density at radius 2 is 1.97 bits per heavy atom. The fraction of sp³-hybridized carbons (Fsp3) is 0.280. The predicted molar refractivity (Wildman–Crippen MR) is 123 cm³/mol. The van der Waals surface area contributed by atoms with Gasteiger partial charge in [0.2, 0.25) is 0 Å². The van der Waals surface area contributed by atoms with Crippen molar-refractivity contribution in [3.63, 3.8) is 0 Å². The smallest absolute Gasteiger partial charge is 0.254 e. The Morgan fingerprint density at radius 1 is 1.16 bits per heavy atom. The van der Waals surface area contributed by atoms with Gasteiger partial charge in [-0.05, 0) is 38.0 Å². The zero-order valence-electron chi connectivity index (χ0n) is 17.6. The number of rotatable bonds is 6. The van der Waals surface area contributed by atoms with Crippen LogP contribution in [0.4, 0.5) is 0 Å². The number of aromatic nitrogens is 3. The summed E-state index contributed by atoms with van der Waals surface area (Å²) in [7, 11) is 0. The maximum atomic E-state index is 12.9. The van der Waals surface area contributed by atoms with Gasteiger partial charge < -0.3 is 15.0 Å². The van der Waals surface area contributed by atoms with E-state index in [1.54, 1.807) is 0 Å². The van der Waals surface area contributed by atoms with E-state index >= 15 is 0 Å². The molecule has 2 N–H and O–H groups in total. The number of aryl methyl sites for hydroxylation is 1. The average Bonchev–Trinajstić information content (AvgIpc) is 3.43. The molecule has 0 bridgehead atoms. The number of fused-ring (bicyclic) bond motifs is 1. The molecule has 0 saturated carbocycles. The van der Waals surface area contributed by atoms with Crippen LogP contribution in [0.15, 0.2) is 65.5 Å². The van der Waals surface area contributed by atoms with Crippen molar-refractivity contribution >= 4 is 11.0 Å². The van der Waals surface area contributed by atoms with Crippen LogP contribution in [0.2, 0.25) is 0 Å². The number of H-pyrrole nitrogens is 1. The van der Waals surface area contributed by atoms with Gasteiger partial charge in [-0.25, -0.2) is 4.68 Å². The van der Waals surface area contributed by atoms with E-state index < -0.39 is 0 Å². The lowest BCUT2D eigenvalue weighted by Gasteiger charge is -2.10. The van der Waals surface area contributed by atoms with Crippen LogP contribution in [-0.2, 0) is 11.3 Å². The summed E-state index contributed by atoms with van der Waals surface area (Å²) in [5.74, 6) is 0. The van der Waals surface area contributed by atoms with Gasteiger partial charge in [-0.15, -0.1) is 0 Å². The third-order valence-electron chi connectivity index (χ3n) is 5.80. The number of nitrogens with one attached hydrogen (secondary N) is 2. The maximum Gasteiger partial charge on any atom is 0.254 e. The number of pyridine rings is 1. The van der Waals surface area contributed by atoms with Crippen LogP contribution < -0.4 is 10.9 Å². The van der Waals surface area contributed by atoms with Crippen molar-refractivity contribution in [1.82, 2.24) is 20.1 Å². The summed E-state index contributed by atoms with van der Waals surface area (Å²) in [6.45, 7) is 4.15. The molecule has 0 spiro atoms. The van der Waals surface area contributed by atoms with Gasteiger partial charge >= 0.3 is 0 Å². The van der Waals surface area contributed by atoms with Crippen LogP contribution in [0, 0.1) is 6.92 Å². The number of nitrogens with zero attached hydrogens (tertiary/aromatic N) is 2. The Kier molecular flexibility index (Phi) is 5.40. The van der Waals surface area contributed by atoms with Gasteiger partial charge in [0.25, 0.3) is 5.56 Å². The zero-order chi connectivity index (χ0) is 21.2. The minimum atomic E-state index is -0.0973. The molecule has 3 heterocycles. The van der Waals surface area contributed by atoms with E-state index in [2.05, 4.69) is 41.5 Å². The first-order valence-corrected chi connectivity index (χ1v) is 10.8. The largest absolute Gasteiger partial charge is 0.377 e. The summed E-state index contributed by atoms with van der Waals surface area (Å²) >= 11 is 0. The molecule has 6 nitrogen and oxygen atoms in total. The van der Waals surface area contributed by atoms with Crippen molar-refractivity contribution in [3.8, 4) is 16.9 Å². The fourth-order valence-electron chi connectivity index (χ4n) is 4.10. The normalized spacial score (nSPS) is 16.2. The van der Waals surface area contributed by atoms with Gasteiger partial charge in [0.1, 0.15) is 11.3 Å². The van der Waals surface area contributed by atoms with Gasteiger partial charge in [-0.1, -0.05) is 48.0 Å². The van der Waals surface area contributed by atoms with Crippen molar-refractivity contribution in [2.45, 2.75) is 32.4 Å². The molecule has 0 radical (unpaired) electrons. The van der Waals surface area contributed by atoms with Crippen LogP contribution in [0.1, 0.15) is 24.0 Å². The molecule has 2 aromatic carbocycles. The monoisotopic (exact) mass is 414 g/mol. The lowest BCUT2D eigenvalue weighted by Crippen LogP contribution is -2.28. The lowest BCUT2D eigenvalue weighted by molar-refractivity contribution is 0.110. The van der Waals surface area contributed by atoms with Gasteiger partial charge in [0, 0.05) is 36.2 Å². The van der Waals surface area contributed by atoms with E-state index in [0.29, 0.717) is 17.8 Å². The van der Waals surface area contributed by atoms with Crippen LogP contribution in [0.25, 0.3) is 28.0 Å². The summed E-state index contributed by atoms with van der Waals surface area (Å²) in [6.07, 6.45) is 2.42. The lowest BCUT2D eigenvalue weighted by atomic mass is 10.1. The third kappa shape index (κ3) is 4.04. The van der Waals surface area contributed by atoms with Gasteiger partial charge in [0.15, 0.2) is 0 Å². The van der Waals surface area contributed by atoms with Crippen molar-refractivity contribution < 1.29 is 4.74 Å². The molecule has 31 heavy (non-hydrogen) atoms. The molecule has 6 heteroatoms. The average molecular weight is 415 g/mol. The molecule has 1 aliphatic rings. The van der Waals surface area contributed by atoms with E-state index in [1.807, 2.05) is 41.1 Å². The second-order valence-electron chi connectivity index (χ2n) is 8.11. The van der Waals surface area contributed by atoms with Crippen molar-refractivity contribution in [3.05, 3.63) is 82.1 Å². The molecule has 0 aliphatic carbocycles. The quantitative estimate of drug-likeness (QED) is 0.501. The predicted octanol–water partition coefficient (Wildman–Crippen LogP) is 3.96. The molecule has 0 amide bonds. The molecule has 5 rings (SSSR count). The molecule has 0 unspecified atom stereocenters. The van der Waals surface area contributed by atoms with Crippen molar-refractivity contribution in [2.24, 2.45) is 0 Å². The van der Waals surface area contributed by atoms with Gasteiger partial charge in [-0.2, -0.15) is 5.10 Å². The Hall–Kier alpha value is -3.22. The Bertz CT molecular complexity index is 1240. The first-order chi connectivity index (χ1) is 15.2. The van der Waals surface area contributed by atoms with E-state index in [0.717, 1.165) is 48.3 Å². The number of benzene rings is 2. The highest BCUT2D eigenvalue weighted by Crippen LogP contribution is 2.29. The van der Waals surface area contributed by atoms with Crippen LogP contribution in [0.5, 0.6) is 0 Å². The van der Waals surface area contributed by atoms with Gasteiger partial charge in [-0.3, -0.25) is 4.79 Å². The Labute approximate surface area is 180 Å². The minimum Gasteiger partial charge on any atom is -0.377 e. The SMILES string of the molecule is Cc1ccc(-c2nn(-c3ccccc3)c3[nH]c(=O)c(CNC[C@@H]4CCCO4)cc23)cc1. The van der Waals surface area contributed by atoms with Crippen molar-refractivity contribution in [1.29, 1.82) is 0 Å². The minimum absolute atomic E-state index is 0.0973. The van der Waals surface area contributed by atoms with E-state index in [9.17, 15) is 4.79 Å². The molecule has 4 aromatic rings. The third-order valence-corrected chi connectivity index (χ3v) is 5.80. The van der Waals surface area contributed by atoms with E-state index in [1.165, 1.54) is 5.56 Å². The summed E-state index contributed by atoms with van der Waals surface area (Å²) in [6, 6.07) is 20.2. The highest BCUT2D eigenvalue weighted by atomic mass is 16.5. The zero-order valence-corrected chi connectivity index (χ0v) is 17.6. The number of aromatic amines is 1. The topological polar surface area (TPSA) is 71.9 Å². The molecule has 1 saturated heterocycles. The molecular formula is C25H26N4O2. The number of hydrogen-bond donors (Lipinski definition) is 2. The number of hydrogen-bond acceptors (Lipinski definition) is 4. The van der Waals surface area contributed by atoms with E-state index in [4.69, 9.17) is 9.84 Å². The van der Waals surface area contributed by atoms with Crippen molar-refractivity contribution in [2.75, 3.05) is 13.2 Å². The fourth-order valence-corrected chi connectivity index (χ4v) is 4.10. The first-order valence-electron chi connectivity index (χ1n) is 10.8. The van der Waals surface area contributed by atoms with Crippen LogP contribution in [-0.4, -0.2) is 34.0 Å². The molecule has 2 aromatic heterocycles. The van der Waals surface area contributed by atoms with Gasteiger partial charge in [0.05, 0.1) is 11.8 Å². The molecule has 1 atom stereocenters. The maximum absolute atomic E-state index is 12.9. The molecule has 1 aliphatic heterocycles. The second-order valence-corrected chi connectivity index (χ2v) is 8.11. The highest BCUT2D eigenvalue weighted by molar-refractivity contribution is 5.92. The number of ether oxygens (including phenoxy) is 1. The summed E-state index contributed by atoms with van der Waals surface area (Å²) in [5.41, 5.74) is 5.29. The standard InChI is InChI=1S/C25H26N4O2/c1-17-9-11-18(12-10-17)23-22-14-19(15-26-16-21-8-5-13-31-21)25(30)27-24(22)29(28-23)20-6-3-2-4-7-20/h2-4,6-7,9-12,14,21,26H,5,8,13,15-16H2,1H3,(H,27,30)/t21-/m0/s1. The molecular weight excluding hydrogens is 388 g/mol. The molecule has 158 valence electrons. The molecule has 1 fully saturated rings.